The van der Waals surface area contributed by atoms with Crippen LogP contribution in [0.1, 0.15) is 23.9 Å². The molecule has 0 bridgehead atoms. The minimum Gasteiger partial charge on any atom is -0.356 e. The van der Waals surface area contributed by atoms with Gasteiger partial charge in [-0.2, -0.15) is 0 Å². The van der Waals surface area contributed by atoms with Crippen LogP contribution in [-0.4, -0.2) is 33.8 Å². The van der Waals surface area contributed by atoms with Crippen LogP contribution < -0.4 is 10.6 Å². The molecule has 1 heterocycles. The Morgan fingerprint density at radius 3 is 2.62 bits per heavy atom. The number of rotatable bonds is 9. The highest BCUT2D eigenvalue weighted by atomic mass is 35.5. The van der Waals surface area contributed by atoms with Crippen molar-refractivity contribution in [2.45, 2.75) is 32.9 Å². The lowest BCUT2D eigenvalue weighted by Crippen LogP contribution is -2.40. The third-order valence-corrected chi connectivity index (χ3v) is 4.75. The number of hydrogen-bond donors (Lipinski definition) is 2. The first-order chi connectivity index (χ1) is 14.2. The quantitative estimate of drug-likeness (QED) is 0.418. The zero-order valence-corrected chi connectivity index (χ0v) is 17.4. The number of guanidine groups is 1. The van der Waals surface area contributed by atoms with Crippen LogP contribution in [0.25, 0.3) is 0 Å². The van der Waals surface area contributed by atoms with Gasteiger partial charge in [-0.15, -0.1) is 10.2 Å². The second-order valence-electron chi connectivity index (χ2n) is 6.68. The molecule has 0 saturated heterocycles. The van der Waals surface area contributed by atoms with Gasteiger partial charge >= 0.3 is 0 Å². The maximum Gasteiger partial charge on any atom is 0.191 e. The molecule has 2 N–H and O–H groups in total. The number of nitrogens with one attached hydrogen (secondary N) is 2. The molecule has 7 heteroatoms. The Morgan fingerprint density at radius 2 is 1.83 bits per heavy atom. The number of aromatic nitrogens is 3. The first-order valence-corrected chi connectivity index (χ1v) is 10.3. The van der Waals surface area contributed by atoms with Gasteiger partial charge in [0.1, 0.15) is 12.2 Å². The van der Waals surface area contributed by atoms with E-state index >= 15 is 0 Å². The molecule has 0 fully saturated rings. The highest BCUT2D eigenvalue weighted by molar-refractivity contribution is 6.30. The summed E-state index contributed by atoms with van der Waals surface area (Å²) < 4.78 is 2.06. The number of hydrogen-bond acceptors (Lipinski definition) is 3. The topological polar surface area (TPSA) is 67.1 Å². The standard InChI is InChI=1S/C22H27ClN6/c1-2-21-28-27-17-29(21)14-13-25-22(24-12-11-18-7-4-3-5-8-18)26-16-19-9-6-10-20(23)15-19/h3-10,15,17H,2,11-14,16H2,1H3,(H2,24,25,26). The average Bonchev–Trinajstić information content (AvgIpc) is 3.20. The molecule has 0 aliphatic heterocycles. The van der Waals surface area contributed by atoms with Gasteiger partial charge in [0, 0.05) is 31.1 Å². The second-order valence-corrected chi connectivity index (χ2v) is 7.11. The molecule has 3 rings (SSSR count). The van der Waals surface area contributed by atoms with E-state index in [-0.39, 0.29) is 0 Å². The Bertz CT molecular complexity index is 906. The van der Waals surface area contributed by atoms with Gasteiger partial charge in [0.15, 0.2) is 5.96 Å². The molecular weight excluding hydrogens is 384 g/mol. The highest BCUT2D eigenvalue weighted by Crippen LogP contribution is 2.11. The molecule has 0 unspecified atom stereocenters. The fourth-order valence-electron chi connectivity index (χ4n) is 2.98. The Balaban J connectivity index is 1.57. The van der Waals surface area contributed by atoms with E-state index in [1.54, 1.807) is 6.33 Å². The number of aliphatic imine (C=N–C) groups is 1. The summed E-state index contributed by atoms with van der Waals surface area (Å²) in [6.07, 6.45) is 3.57. The van der Waals surface area contributed by atoms with Crippen LogP contribution in [0.5, 0.6) is 0 Å². The van der Waals surface area contributed by atoms with Crippen molar-refractivity contribution in [3.05, 3.63) is 82.9 Å². The Kier molecular flexibility index (Phi) is 8.07. The fourth-order valence-corrected chi connectivity index (χ4v) is 3.20. The van der Waals surface area contributed by atoms with Crippen molar-refractivity contribution in [2.24, 2.45) is 4.99 Å². The van der Waals surface area contributed by atoms with E-state index in [9.17, 15) is 0 Å². The maximum absolute atomic E-state index is 6.09. The molecule has 0 spiro atoms. The predicted octanol–water partition coefficient (Wildman–Crippen LogP) is 3.47. The minimum absolute atomic E-state index is 0.564. The van der Waals surface area contributed by atoms with Crippen LogP contribution in [0.2, 0.25) is 5.02 Å². The van der Waals surface area contributed by atoms with Crippen molar-refractivity contribution < 1.29 is 0 Å². The van der Waals surface area contributed by atoms with Crippen molar-refractivity contribution in [3.63, 3.8) is 0 Å². The van der Waals surface area contributed by atoms with Gasteiger partial charge in [-0.3, -0.25) is 0 Å². The van der Waals surface area contributed by atoms with Crippen LogP contribution in [0.3, 0.4) is 0 Å². The van der Waals surface area contributed by atoms with Crippen LogP contribution in [0.4, 0.5) is 0 Å². The minimum atomic E-state index is 0.564. The lowest BCUT2D eigenvalue weighted by atomic mass is 10.1. The Morgan fingerprint density at radius 1 is 1.03 bits per heavy atom. The summed E-state index contributed by atoms with van der Waals surface area (Å²) in [6, 6.07) is 18.2. The summed E-state index contributed by atoms with van der Waals surface area (Å²) in [4.78, 5) is 4.72. The largest absolute Gasteiger partial charge is 0.356 e. The van der Waals surface area contributed by atoms with Gasteiger partial charge in [0.25, 0.3) is 0 Å². The molecule has 0 aliphatic rings. The summed E-state index contributed by atoms with van der Waals surface area (Å²) in [7, 11) is 0. The SMILES string of the molecule is CCc1nncn1CCNC(=NCc1cccc(Cl)c1)NCCc1ccccc1. The zero-order chi connectivity index (χ0) is 20.3. The summed E-state index contributed by atoms with van der Waals surface area (Å²) in [5.74, 6) is 1.77. The van der Waals surface area contributed by atoms with E-state index in [0.717, 1.165) is 54.8 Å². The molecule has 3 aromatic rings. The molecule has 0 aliphatic carbocycles. The van der Waals surface area contributed by atoms with Crippen LogP contribution in [0, 0.1) is 0 Å². The Hall–Kier alpha value is -2.86. The van der Waals surface area contributed by atoms with Gasteiger partial charge in [0.05, 0.1) is 6.54 Å². The van der Waals surface area contributed by atoms with Gasteiger partial charge in [-0.25, -0.2) is 4.99 Å². The van der Waals surface area contributed by atoms with Crippen molar-refractivity contribution in [1.29, 1.82) is 0 Å². The van der Waals surface area contributed by atoms with Crippen molar-refractivity contribution in [2.75, 3.05) is 13.1 Å². The number of benzene rings is 2. The first-order valence-electron chi connectivity index (χ1n) is 9.92. The summed E-state index contributed by atoms with van der Waals surface area (Å²) in [5.41, 5.74) is 2.38. The Labute approximate surface area is 177 Å². The molecule has 0 amide bonds. The zero-order valence-electron chi connectivity index (χ0n) is 16.7. The molecule has 2 aromatic carbocycles. The smallest absolute Gasteiger partial charge is 0.191 e. The average molecular weight is 411 g/mol. The molecule has 29 heavy (non-hydrogen) atoms. The van der Waals surface area contributed by atoms with Crippen molar-refractivity contribution in [1.82, 2.24) is 25.4 Å². The van der Waals surface area contributed by atoms with Crippen LogP contribution >= 0.6 is 11.6 Å². The first kappa shape index (κ1) is 20.9. The fraction of sp³-hybridized carbons (Fsp3) is 0.318. The van der Waals surface area contributed by atoms with E-state index in [0.29, 0.717) is 6.54 Å². The number of aryl methyl sites for hydroxylation is 1. The van der Waals surface area contributed by atoms with Crippen molar-refractivity contribution in [3.8, 4) is 0 Å². The van der Waals surface area contributed by atoms with E-state index in [1.165, 1.54) is 5.56 Å². The van der Waals surface area contributed by atoms with E-state index in [4.69, 9.17) is 16.6 Å². The van der Waals surface area contributed by atoms with Gasteiger partial charge < -0.3 is 15.2 Å². The van der Waals surface area contributed by atoms with E-state index in [1.807, 2.05) is 30.3 Å². The monoisotopic (exact) mass is 410 g/mol. The normalized spacial score (nSPS) is 11.4. The predicted molar refractivity (Wildman–Crippen MR) is 118 cm³/mol. The van der Waals surface area contributed by atoms with E-state index < -0.39 is 0 Å². The lowest BCUT2D eigenvalue weighted by molar-refractivity contribution is 0.631. The summed E-state index contributed by atoms with van der Waals surface area (Å²) >= 11 is 6.09. The molecule has 1 aromatic heterocycles. The van der Waals surface area contributed by atoms with Gasteiger partial charge in [-0.1, -0.05) is 61.0 Å². The molecule has 0 atom stereocenters. The molecule has 0 radical (unpaired) electrons. The number of halogens is 1. The summed E-state index contributed by atoms with van der Waals surface area (Å²) in [6.45, 7) is 4.97. The van der Waals surface area contributed by atoms with Gasteiger partial charge in [0.2, 0.25) is 0 Å². The lowest BCUT2D eigenvalue weighted by Gasteiger charge is -2.14. The molecule has 152 valence electrons. The molecule has 6 nitrogen and oxygen atoms in total. The maximum atomic E-state index is 6.09. The molecular formula is C22H27ClN6. The van der Waals surface area contributed by atoms with Gasteiger partial charge in [-0.05, 0) is 29.7 Å². The third kappa shape index (κ3) is 6.91. The van der Waals surface area contributed by atoms with E-state index in [2.05, 4.69) is 56.6 Å². The summed E-state index contributed by atoms with van der Waals surface area (Å²) in [5, 5.41) is 15.7. The number of nitrogens with zero attached hydrogens (tertiary/aromatic N) is 4. The molecule has 0 saturated carbocycles. The highest BCUT2D eigenvalue weighted by Gasteiger charge is 2.03. The van der Waals surface area contributed by atoms with Crippen LogP contribution in [0.15, 0.2) is 65.9 Å². The van der Waals surface area contributed by atoms with Crippen LogP contribution in [-0.2, 0) is 25.9 Å². The third-order valence-electron chi connectivity index (χ3n) is 4.51. The van der Waals surface area contributed by atoms with Crippen molar-refractivity contribution >= 4 is 17.6 Å². The second kappa shape index (κ2) is 11.2.